The summed E-state index contributed by atoms with van der Waals surface area (Å²) in [7, 11) is 0. The lowest BCUT2D eigenvalue weighted by Gasteiger charge is -2.38. The van der Waals surface area contributed by atoms with Gasteiger partial charge in [0.1, 0.15) is 11.5 Å². The predicted molar refractivity (Wildman–Crippen MR) is 91.5 cm³/mol. The van der Waals surface area contributed by atoms with Gasteiger partial charge in [-0.15, -0.1) is 0 Å². The van der Waals surface area contributed by atoms with Crippen LogP contribution in [0.3, 0.4) is 0 Å². The van der Waals surface area contributed by atoms with Crippen LogP contribution in [0.4, 0.5) is 0 Å². The molecule has 2 heteroatoms. The molecule has 0 aliphatic rings. The van der Waals surface area contributed by atoms with Crippen molar-refractivity contribution in [3.05, 3.63) is 59.7 Å². The largest absolute Gasteiger partial charge is 0.508 e. The summed E-state index contributed by atoms with van der Waals surface area (Å²) in [6.07, 6.45) is 2.02. The van der Waals surface area contributed by atoms with Gasteiger partial charge in [0.2, 0.25) is 0 Å². The van der Waals surface area contributed by atoms with Crippen molar-refractivity contribution < 1.29 is 10.2 Å². The van der Waals surface area contributed by atoms with Gasteiger partial charge < -0.3 is 10.2 Å². The summed E-state index contributed by atoms with van der Waals surface area (Å²) >= 11 is 0. The molecule has 118 valence electrons. The van der Waals surface area contributed by atoms with Crippen molar-refractivity contribution in [2.75, 3.05) is 0 Å². The zero-order valence-electron chi connectivity index (χ0n) is 13.9. The molecule has 0 fully saturated rings. The number of aromatic hydroxyl groups is 2. The van der Waals surface area contributed by atoms with Crippen molar-refractivity contribution in [2.24, 2.45) is 0 Å². The Bertz CT molecular complexity index is 611. The van der Waals surface area contributed by atoms with E-state index in [1.807, 2.05) is 24.3 Å². The molecule has 2 N–H and O–H groups in total. The zero-order chi connectivity index (χ0) is 16.4. The summed E-state index contributed by atoms with van der Waals surface area (Å²) in [6.45, 7) is 8.97. The molecule has 0 aliphatic carbocycles. The van der Waals surface area contributed by atoms with E-state index < -0.39 is 0 Å². The first-order chi connectivity index (χ1) is 10.3. The van der Waals surface area contributed by atoms with Crippen molar-refractivity contribution in [1.29, 1.82) is 0 Å². The Morgan fingerprint density at radius 2 is 1.14 bits per heavy atom. The van der Waals surface area contributed by atoms with Gasteiger partial charge in [-0.05, 0) is 59.1 Å². The van der Waals surface area contributed by atoms with Crippen LogP contribution in [-0.2, 0) is 10.8 Å². The molecule has 2 aromatic rings. The number of benzene rings is 2. The highest BCUT2D eigenvalue weighted by Gasteiger charge is 2.33. The van der Waals surface area contributed by atoms with Gasteiger partial charge in [0.15, 0.2) is 0 Å². The van der Waals surface area contributed by atoms with Crippen molar-refractivity contribution in [3.8, 4) is 11.5 Å². The Hall–Kier alpha value is -1.96. The summed E-state index contributed by atoms with van der Waals surface area (Å²) in [6, 6.07) is 15.1. The van der Waals surface area contributed by atoms with E-state index in [-0.39, 0.29) is 10.8 Å². The Kier molecular flexibility index (Phi) is 4.50. The number of phenols is 2. The fourth-order valence-corrected chi connectivity index (χ4v) is 3.29. The molecule has 0 heterocycles. The van der Waals surface area contributed by atoms with E-state index in [1.54, 1.807) is 24.3 Å². The van der Waals surface area contributed by atoms with E-state index in [2.05, 4.69) is 27.7 Å². The molecule has 2 aromatic carbocycles. The minimum atomic E-state index is -0.00362. The van der Waals surface area contributed by atoms with Gasteiger partial charge in [-0.3, -0.25) is 0 Å². The molecule has 0 spiro atoms. The van der Waals surface area contributed by atoms with E-state index in [1.165, 1.54) is 11.1 Å². The molecule has 22 heavy (non-hydrogen) atoms. The van der Waals surface area contributed by atoms with Crippen molar-refractivity contribution in [3.63, 3.8) is 0 Å². The summed E-state index contributed by atoms with van der Waals surface area (Å²) in [5.41, 5.74) is 2.51. The maximum absolute atomic E-state index is 9.51. The highest BCUT2D eigenvalue weighted by molar-refractivity contribution is 5.35. The molecule has 0 aromatic heterocycles. The summed E-state index contributed by atoms with van der Waals surface area (Å²) in [4.78, 5) is 0. The van der Waals surface area contributed by atoms with Crippen LogP contribution in [0.2, 0.25) is 0 Å². The van der Waals surface area contributed by atoms with Crippen molar-refractivity contribution in [1.82, 2.24) is 0 Å². The quantitative estimate of drug-likeness (QED) is 0.803. The second-order valence-electron chi connectivity index (χ2n) is 7.07. The fourth-order valence-electron chi connectivity index (χ4n) is 3.29. The Morgan fingerprint density at radius 3 is 1.55 bits per heavy atom. The number of phenolic OH excluding ortho intramolecular Hbond substituents is 2. The maximum Gasteiger partial charge on any atom is 0.115 e. The van der Waals surface area contributed by atoms with E-state index in [4.69, 9.17) is 0 Å². The first kappa shape index (κ1) is 16.4. The fraction of sp³-hybridized carbons (Fsp3) is 0.400. The van der Waals surface area contributed by atoms with Crippen LogP contribution in [0.25, 0.3) is 0 Å². The smallest absolute Gasteiger partial charge is 0.115 e. The molecule has 2 rings (SSSR count). The van der Waals surface area contributed by atoms with Crippen LogP contribution in [0.1, 0.15) is 51.7 Å². The van der Waals surface area contributed by atoms with E-state index in [0.29, 0.717) is 11.5 Å². The average molecular weight is 298 g/mol. The van der Waals surface area contributed by atoms with E-state index in [0.717, 1.165) is 12.8 Å². The lowest BCUT2D eigenvalue weighted by Crippen LogP contribution is -2.31. The monoisotopic (exact) mass is 298 g/mol. The Balaban J connectivity index is 2.31. The highest BCUT2D eigenvalue weighted by atomic mass is 16.3. The topological polar surface area (TPSA) is 40.5 Å². The minimum absolute atomic E-state index is 0.00362. The minimum Gasteiger partial charge on any atom is -0.508 e. The second kappa shape index (κ2) is 6.04. The molecule has 0 aliphatic heterocycles. The third kappa shape index (κ3) is 3.44. The molecule has 1 atom stereocenters. The van der Waals surface area contributed by atoms with Crippen LogP contribution in [-0.4, -0.2) is 10.2 Å². The van der Waals surface area contributed by atoms with Gasteiger partial charge in [0, 0.05) is 0 Å². The number of hydrogen-bond acceptors (Lipinski definition) is 2. The molecule has 0 bridgehead atoms. The maximum atomic E-state index is 9.51. The Morgan fingerprint density at radius 1 is 0.727 bits per heavy atom. The van der Waals surface area contributed by atoms with Gasteiger partial charge in [0.25, 0.3) is 0 Å². The first-order valence-electron chi connectivity index (χ1n) is 7.86. The molecule has 2 nitrogen and oxygen atoms in total. The lowest BCUT2D eigenvalue weighted by atomic mass is 9.66. The van der Waals surface area contributed by atoms with Gasteiger partial charge in [-0.2, -0.15) is 0 Å². The van der Waals surface area contributed by atoms with Crippen molar-refractivity contribution >= 4 is 0 Å². The summed E-state index contributed by atoms with van der Waals surface area (Å²) in [5.74, 6) is 0.608. The van der Waals surface area contributed by atoms with Crippen LogP contribution >= 0.6 is 0 Å². The van der Waals surface area contributed by atoms with Crippen LogP contribution < -0.4 is 0 Å². The summed E-state index contributed by atoms with van der Waals surface area (Å²) in [5, 5.41) is 19.0. The van der Waals surface area contributed by atoms with Gasteiger partial charge in [-0.1, -0.05) is 52.0 Å². The molecular weight excluding hydrogens is 272 g/mol. The number of rotatable bonds is 5. The molecule has 0 saturated heterocycles. The number of hydrogen-bond donors (Lipinski definition) is 2. The lowest BCUT2D eigenvalue weighted by molar-refractivity contribution is 0.316. The van der Waals surface area contributed by atoms with Crippen LogP contribution in [0.15, 0.2) is 48.5 Å². The first-order valence-corrected chi connectivity index (χ1v) is 7.86. The molecule has 0 amide bonds. The standard InChI is InChI=1S/C20H26O2/c1-5-20(4,16-8-12-18(22)13-9-16)14-19(2,3)15-6-10-17(21)11-7-15/h6-13,21-22H,5,14H2,1-4H3. The third-order valence-corrected chi connectivity index (χ3v) is 4.83. The molecule has 0 saturated carbocycles. The normalized spacial score (nSPS) is 14.5. The predicted octanol–water partition coefficient (Wildman–Crippen LogP) is 5.13. The van der Waals surface area contributed by atoms with E-state index >= 15 is 0 Å². The summed E-state index contributed by atoms with van der Waals surface area (Å²) < 4.78 is 0. The van der Waals surface area contributed by atoms with Gasteiger partial charge >= 0.3 is 0 Å². The SMILES string of the molecule is CCC(C)(CC(C)(C)c1ccc(O)cc1)c1ccc(O)cc1. The second-order valence-corrected chi connectivity index (χ2v) is 7.07. The Labute approximate surface area is 133 Å². The molecule has 0 radical (unpaired) electrons. The van der Waals surface area contributed by atoms with Gasteiger partial charge in [-0.25, -0.2) is 0 Å². The van der Waals surface area contributed by atoms with Crippen LogP contribution in [0.5, 0.6) is 11.5 Å². The molecular formula is C20H26O2. The van der Waals surface area contributed by atoms with Crippen LogP contribution in [0, 0.1) is 0 Å². The highest BCUT2D eigenvalue weighted by Crippen LogP contribution is 2.41. The zero-order valence-corrected chi connectivity index (χ0v) is 13.9. The van der Waals surface area contributed by atoms with E-state index in [9.17, 15) is 10.2 Å². The average Bonchev–Trinajstić information content (AvgIpc) is 2.47. The van der Waals surface area contributed by atoms with Gasteiger partial charge in [0.05, 0.1) is 0 Å². The van der Waals surface area contributed by atoms with Crippen molar-refractivity contribution in [2.45, 2.75) is 51.4 Å². The molecule has 1 unspecified atom stereocenters. The third-order valence-electron chi connectivity index (χ3n) is 4.83.